The first-order chi connectivity index (χ1) is 12.8. The summed E-state index contributed by atoms with van der Waals surface area (Å²) in [5.41, 5.74) is 3.62. The van der Waals surface area contributed by atoms with E-state index in [1.807, 2.05) is 30.0 Å². The summed E-state index contributed by atoms with van der Waals surface area (Å²) in [5, 5.41) is 3.12. The molecule has 0 radical (unpaired) electrons. The van der Waals surface area contributed by atoms with Crippen LogP contribution in [0.4, 0.5) is 20.6 Å². The molecule has 1 aliphatic rings. The molecule has 1 heterocycles. The molecule has 5 heteroatoms. The molecular formula is C22H28FN3O. The summed E-state index contributed by atoms with van der Waals surface area (Å²) in [6.45, 7) is 10.8. The number of hydrogen-bond acceptors (Lipinski definition) is 2. The number of hydrogen-bond donors (Lipinski definition) is 1. The molecule has 0 atom stereocenters. The number of anilines is 2. The van der Waals surface area contributed by atoms with Gasteiger partial charge < -0.3 is 15.1 Å². The number of amides is 2. The first-order valence-corrected chi connectivity index (χ1v) is 9.43. The summed E-state index contributed by atoms with van der Waals surface area (Å²) in [6, 6.07) is 12.8. The van der Waals surface area contributed by atoms with Gasteiger partial charge in [-0.05, 0) is 35.6 Å². The number of piperazine rings is 1. The van der Waals surface area contributed by atoms with Crippen LogP contribution in [-0.2, 0) is 5.41 Å². The number of urea groups is 1. The summed E-state index contributed by atoms with van der Waals surface area (Å²) in [5.74, 6) is -0.217. The normalized spacial score (nSPS) is 15.0. The quantitative estimate of drug-likeness (QED) is 0.826. The van der Waals surface area contributed by atoms with Crippen molar-refractivity contribution in [3.05, 3.63) is 59.4 Å². The number of para-hydroxylation sites is 2. The molecule has 2 aromatic rings. The maximum atomic E-state index is 14.0. The molecule has 1 aliphatic heterocycles. The van der Waals surface area contributed by atoms with E-state index in [4.69, 9.17) is 0 Å². The summed E-state index contributed by atoms with van der Waals surface area (Å²) in [6.07, 6.45) is 0. The maximum Gasteiger partial charge on any atom is 0.321 e. The van der Waals surface area contributed by atoms with Gasteiger partial charge in [0.15, 0.2) is 0 Å². The standard InChI is InChI=1S/C22H28FN3O/c1-16-8-7-9-17(22(2,3)4)20(16)24-21(27)26-14-12-25(13-15-26)19-11-6-5-10-18(19)23/h5-11H,12-15H2,1-4H3,(H,24,27). The number of benzene rings is 2. The number of carbonyl (C=O) groups is 1. The third-order valence-electron chi connectivity index (χ3n) is 5.07. The molecule has 2 amide bonds. The highest BCUT2D eigenvalue weighted by molar-refractivity contribution is 5.91. The fraction of sp³-hybridized carbons (Fsp3) is 0.409. The van der Waals surface area contributed by atoms with Crippen molar-refractivity contribution in [2.75, 3.05) is 36.4 Å². The third kappa shape index (κ3) is 4.24. The second-order valence-electron chi connectivity index (χ2n) is 8.10. The molecule has 0 spiro atoms. The Bertz CT molecular complexity index is 821. The SMILES string of the molecule is Cc1cccc(C(C)(C)C)c1NC(=O)N1CCN(c2ccccc2F)CC1. The van der Waals surface area contributed by atoms with Gasteiger partial charge in [-0.1, -0.05) is 51.1 Å². The lowest BCUT2D eigenvalue weighted by Gasteiger charge is -2.36. The van der Waals surface area contributed by atoms with Crippen molar-refractivity contribution in [3.63, 3.8) is 0 Å². The van der Waals surface area contributed by atoms with Crippen LogP contribution >= 0.6 is 0 Å². The molecule has 1 fully saturated rings. The zero-order valence-electron chi connectivity index (χ0n) is 16.6. The molecule has 1 N–H and O–H groups in total. The average Bonchev–Trinajstić information content (AvgIpc) is 2.63. The van der Waals surface area contributed by atoms with Gasteiger partial charge >= 0.3 is 6.03 Å². The van der Waals surface area contributed by atoms with Gasteiger partial charge in [0.05, 0.1) is 5.69 Å². The van der Waals surface area contributed by atoms with Crippen LogP contribution in [-0.4, -0.2) is 37.1 Å². The van der Waals surface area contributed by atoms with Crippen molar-refractivity contribution in [1.29, 1.82) is 0 Å². The monoisotopic (exact) mass is 369 g/mol. The van der Waals surface area contributed by atoms with Crippen LogP contribution in [0.3, 0.4) is 0 Å². The third-order valence-corrected chi connectivity index (χ3v) is 5.07. The van der Waals surface area contributed by atoms with Crippen molar-refractivity contribution in [1.82, 2.24) is 4.90 Å². The predicted octanol–water partition coefficient (Wildman–Crippen LogP) is 4.79. The molecule has 0 saturated carbocycles. The van der Waals surface area contributed by atoms with Gasteiger partial charge in [0.25, 0.3) is 0 Å². The Hall–Kier alpha value is -2.56. The van der Waals surface area contributed by atoms with Crippen molar-refractivity contribution in [2.24, 2.45) is 0 Å². The molecule has 0 bridgehead atoms. The van der Waals surface area contributed by atoms with Crippen LogP contribution in [0.5, 0.6) is 0 Å². The summed E-state index contributed by atoms with van der Waals surface area (Å²) < 4.78 is 14.0. The molecule has 27 heavy (non-hydrogen) atoms. The van der Waals surface area contributed by atoms with Gasteiger partial charge in [-0.25, -0.2) is 9.18 Å². The highest BCUT2D eigenvalue weighted by Crippen LogP contribution is 2.32. The van der Waals surface area contributed by atoms with Gasteiger partial charge in [-0.15, -0.1) is 0 Å². The lowest BCUT2D eigenvalue weighted by molar-refractivity contribution is 0.208. The minimum Gasteiger partial charge on any atom is -0.366 e. The largest absolute Gasteiger partial charge is 0.366 e. The Morgan fingerprint density at radius 3 is 2.30 bits per heavy atom. The van der Waals surface area contributed by atoms with E-state index < -0.39 is 0 Å². The summed E-state index contributed by atoms with van der Waals surface area (Å²) in [4.78, 5) is 16.6. The lowest BCUT2D eigenvalue weighted by atomic mass is 9.84. The number of halogens is 1. The topological polar surface area (TPSA) is 35.6 Å². The highest BCUT2D eigenvalue weighted by atomic mass is 19.1. The fourth-order valence-corrected chi connectivity index (χ4v) is 3.50. The van der Waals surface area contributed by atoms with Gasteiger partial charge in [-0.3, -0.25) is 0 Å². The minimum absolute atomic E-state index is 0.0574. The van der Waals surface area contributed by atoms with Crippen molar-refractivity contribution < 1.29 is 9.18 Å². The average molecular weight is 369 g/mol. The molecule has 4 nitrogen and oxygen atoms in total. The van der Waals surface area contributed by atoms with E-state index in [1.165, 1.54) is 6.07 Å². The van der Waals surface area contributed by atoms with Crippen molar-refractivity contribution in [2.45, 2.75) is 33.1 Å². The highest BCUT2D eigenvalue weighted by Gasteiger charge is 2.25. The molecule has 3 rings (SSSR count). The van der Waals surface area contributed by atoms with Crippen LogP contribution in [0.2, 0.25) is 0 Å². The Morgan fingerprint density at radius 2 is 1.67 bits per heavy atom. The van der Waals surface area contributed by atoms with Crippen molar-refractivity contribution >= 4 is 17.4 Å². The molecule has 2 aromatic carbocycles. The molecule has 0 aromatic heterocycles. The van der Waals surface area contributed by atoms with Crippen LogP contribution in [0, 0.1) is 12.7 Å². The van der Waals surface area contributed by atoms with E-state index in [-0.39, 0.29) is 17.3 Å². The number of rotatable bonds is 2. The van der Waals surface area contributed by atoms with Gasteiger partial charge in [0.1, 0.15) is 5.82 Å². The smallest absolute Gasteiger partial charge is 0.321 e. The van der Waals surface area contributed by atoms with Crippen LogP contribution in [0.15, 0.2) is 42.5 Å². The van der Waals surface area contributed by atoms with Crippen molar-refractivity contribution in [3.8, 4) is 0 Å². The number of aryl methyl sites for hydroxylation is 1. The maximum absolute atomic E-state index is 14.0. The van der Waals surface area contributed by atoms with Crippen LogP contribution in [0.25, 0.3) is 0 Å². The van der Waals surface area contributed by atoms with Gasteiger partial charge in [0.2, 0.25) is 0 Å². The predicted molar refractivity (Wildman–Crippen MR) is 109 cm³/mol. The molecule has 0 unspecified atom stereocenters. The van der Waals surface area contributed by atoms with E-state index in [0.29, 0.717) is 31.9 Å². The lowest BCUT2D eigenvalue weighted by Crippen LogP contribution is -2.50. The van der Waals surface area contributed by atoms with Gasteiger partial charge in [0, 0.05) is 31.9 Å². The van der Waals surface area contributed by atoms with E-state index >= 15 is 0 Å². The van der Waals surface area contributed by atoms with Gasteiger partial charge in [-0.2, -0.15) is 0 Å². The second kappa shape index (κ2) is 7.59. The first kappa shape index (κ1) is 19.2. The zero-order valence-corrected chi connectivity index (χ0v) is 16.6. The minimum atomic E-state index is -0.217. The van der Waals surface area contributed by atoms with E-state index in [9.17, 15) is 9.18 Å². The molecular weight excluding hydrogens is 341 g/mol. The number of carbonyl (C=O) groups excluding carboxylic acids is 1. The Labute approximate surface area is 161 Å². The van der Waals surface area contributed by atoms with E-state index in [2.05, 4.69) is 32.2 Å². The Morgan fingerprint density at radius 1 is 1.00 bits per heavy atom. The van der Waals surface area contributed by atoms with Crippen LogP contribution in [0.1, 0.15) is 31.9 Å². The molecule has 144 valence electrons. The molecule has 0 aliphatic carbocycles. The summed E-state index contributed by atoms with van der Waals surface area (Å²) >= 11 is 0. The Balaban J connectivity index is 1.68. The molecule has 1 saturated heterocycles. The van der Waals surface area contributed by atoms with Crippen LogP contribution < -0.4 is 10.2 Å². The zero-order chi connectivity index (χ0) is 19.6. The summed E-state index contributed by atoms with van der Waals surface area (Å²) in [7, 11) is 0. The van der Waals surface area contributed by atoms with E-state index in [0.717, 1.165) is 16.8 Å². The van der Waals surface area contributed by atoms with E-state index in [1.54, 1.807) is 17.0 Å². The number of nitrogens with zero attached hydrogens (tertiary/aromatic N) is 2. The second-order valence-corrected chi connectivity index (χ2v) is 8.10. The number of nitrogens with one attached hydrogen (secondary N) is 1. The first-order valence-electron chi connectivity index (χ1n) is 9.43. The Kier molecular flexibility index (Phi) is 5.40. The fourth-order valence-electron chi connectivity index (χ4n) is 3.50.